The molecule has 0 atom stereocenters. The van der Waals surface area contributed by atoms with Crippen LogP contribution < -0.4 is 19.2 Å². The summed E-state index contributed by atoms with van der Waals surface area (Å²) < 4.78 is 0. The molecule has 8 heavy (non-hydrogen) atoms. The third-order valence-electron chi connectivity index (χ3n) is 0. The molecule has 0 rings (SSSR count). The predicted octanol–water partition coefficient (Wildman–Crippen LogP) is -6.81. The smallest absolute Gasteiger partial charge is 0.894 e. The summed E-state index contributed by atoms with van der Waals surface area (Å²) in [7, 11) is -5.61. The van der Waals surface area contributed by atoms with E-state index in [9.17, 15) is 0 Å². The van der Waals surface area contributed by atoms with Crippen LogP contribution in [0.1, 0.15) is 0 Å². The van der Waals surface area contributed by atoms with Crippen LogP contribution in [0.5, 0.6) is 0 Å². The molecule has 0 saturated carbocycles. The van der Waals surface area contributed by atoms with Crippen molar-refractivity contribution in [1.82, 2.24) is 0 Å². The predicted molar refractivity (Wildman–Crippen MR) is 25.8 cm³/mol. The van der Waals surface area contributed by atoms with Gasteiger partial charge in [0, 0.05) is 0 Å². The van der Waals surface area contributed by atoms with Gasteiger partial charge in [-0.2, -0.15) is 0 Å². The second-order valence-electron chi connectivity index (χ2n) is 0.500. The van der Waals surface area contributed by atoms with Crippen molar-refractivity contribution in [2.75, 3.05) is 0 Å². The minimum absolute atomic E-state index is 0. The molecular weight excluding hydrogens is 310 g/mol. The quantitative estimate of drug-likeness (QED) is 0.416. The molecule has 8 heteroatoms. The molecule has 0 N–H and O–H groups in total. The van der Waals surface area contributed by atoms with Gasteiger partial charge in [-0.1, -0.05) is 0 Å². The Balaban J connectivity index is -0.0000000267. The van der Waals surface area contributed by atoms with Crippen molar-refractivity contribution in [3.8, 4) is 0 Å². The number of hydrogen-bond donors (Lipinski definition) is 0. The van der Waals surface area contributed by atoms with E-state index in [1.54, 1.807) is 0 Å². The molecule has 0 unspecified atom stereocenters. The Morgan fingerprint density at radius 2 is 0.750 bits per heavy atom. The molecule has 36 valence electrons. The maximum atomic E-state index is 8.58. The van der Waals surface area contributed by atoms with Crippen LogP contribution in [0.3, 0.4) is 0 Å². The second kappa shape index (κ2) is 11.1. The minimum atomic E-state index is -5.61. The fraction of sp³-hybridized carbons (Fsp3) is 0. The van der Waals surface area contributed by atoms with Crippen molar-refractivity contribution < 1.29 is 19.2 Å². The largest absolute Gasteiger partial charge is 2.00 e. The van der Waals surface area contributed by atoms with E-state index in [0.29, 0.717) is 0 Å². The van der Waals surface area contributed by atoms with Crippen LogP contribution >= 0.6 is 0 Å². The first-order valence-corrected chi connectivity index (χ1v) is 2.45. The van der Waals surface area contributed by atoms with Gasteiger partial charge < -0.3 is 28.2 Å². The zero-order valence-corrected chi connectivity index (χ0v) is 8.96. The molecular formula is H2BaCa2O4Si. The van der Waals surface area contributed by atoms with Crippen LogP contribution in [0, 0.1) is 0 Å². The first-order chi connectivity index (χ1) is 2.00. The van der Waals surface area contributed by atoms with Crippen molar-refractivity contribution in [1.29, 1.82) is 0 Å². The van der Waals surface area contributed by atoms with E-state index in [1.165, 1.54) is 0 Å². The SMILES string of the molecule is [BaH2].[Ca+2].[Ca+2].[O-][Si]([O-])([O-])[O-]. The Bertz CT molecular complexity index is 29.5. The molecule has 0 aromatic rings. The molecule has 0 spiro atoms. The standard InChI is InChI=1S/Ba.2Ca.O4Si.2H/c;;;1-5(2,3)4;;/q;2*+2;-4;;. The fourth-order valence-corrected chi connectivity index (χ4v) is 0. The first kappa shape index (κ1) is 22.7. The minimum Gasteiger partial charge on any atom is -0.894 e. The normalized spacial score (nSPS) is 7.50. The first-order valence-electron chi connectivity index (χ1n) is 0.816. The van der Waals surface area contributed by atoms with Crippen LogP contribution in [0.15, 0.2) is 0 Å². The summed E-state index contributed by atoms with van der Waals surface area (Å²) in [5, 5.41) is 0. The van der Waals surface area contributed by atoms with Gasteiger partial charge in [0.2, 0.25) is 0 Å². The van der Waals surface area contributed by atoms with E-state index in [0.717, 1.165) is 0 Å². The maximum Gasteiger partial charge on any atom is 2.00 e. The van der Waals surface area contributed by atoms with Crippen LogP contribution in [-0.2, 0) is 0 Å². The summed E-state index contributed by atoms with van der Waals surface area (Å²) in [4.78, 5) is 34.3. The Morgan fingerprint density at radius 1 is 0.750 bits per heavy atom. The molecule has 0 radical (unpaired) electrons. The third kappa shape index (κ3) is 49.4. The van der Waals surface area contributed by atoms with Crippen molar-refractivity contribution in [2.24, 2.45) is 0 Å². The Kier molecular flexibility index (Phi) is 31.7. The maximum absolute atomic E-state index is 8.58. The summed E-state index contributed by atoms with van der Waals surface area (Å²) in [6, 6.07) is 0. The van der Waals surface area contributed by atoms with Gasteiger partial charge in [-0.05, 0) is 0 Å². The van der Waals surface area contributed by atoms with Gasteiger partial charge >= 0.3 is 124 Å². The van der Waals surface area contributed by atoms with E-state index >= 15 is 0 Å². The van der Waals surface area contributed by atoms with E-state index in [4.69, 9.17) is 19.2 Å². The molecule has 0 bridgehead atoms. The van der Waals surface area contributed by atoms with Gasteiger partial charge in [0.25, 0.3) is 0 Å². The molecule has 0 aromatic heterocycles. The third-order valence-corrected chi connectivity index (χ3v) is 0. The monoisotopic (exact) mass is 312 g/mol. The molecule has 0 amide bonds. The van der Waals surface area contributed by atoms with Crippen LogP contribution in [0.25, 0.3) is 0 Å². The second-order valence-corrected chi connectivity index (χ2v) is 1.50. The summed E-state index contributed by atoms with van der Waals surface area (Å²) in [5.74, 6) is 0. The number of hydrogen-bond acceptors (Lipinski definition) is 4. The van der Waals surface area contributed by atoms with Crippen LogP contribution in [-0.4, -0.2) is 133 Å². The van der Waals surface area contributed by atoms with Crippen molar-refractivity contribution in [3.05, 3.63) is 0 Å². The summed E-state index contributed by atoms with van der Waals surface area (Å²) in [6.07, 6.45) is 0. The fourth-order valence-electron chi connectivity index (χ4n) is 0. The summed E-state index contributed by atoms with van der Waals surface area (Å²) >= 11 is 0. The van der Waals surface area contributed by atoms with Crippen LogP contribution in [0.4, 0.5) is 0 Å². The molecule has 0 fully saturated rings. The van der Waals surface area contributed by atoms with E-state index in [2.05, 4.69) is 0 Å². The Hall–Kier alpha value is 4.15. The Morgan fingerprint density at radius 3 is 0.750 bits per heavy atom. The van der Waals surface area contributed by atoms with Crippen molar-refractivity contribution >= 4 is 133 Å². The summed E-state index contributed by atoms with van der Waals surface area (Å²) in [6.45, 7) is 0. The number of rotatable bonds is 0. The van der Waals surface area contributed by atoms with Gasteiger partial charge in [0.15, 0.2) is 0 Å². The topological polar surface area (TPSA) is 92.2 Å². The molecule has 0 aliphatic heterocycles. The summed E-state index contributed by atoms with van der Waals surface area (Å²) in [5.41, 5.74) is 0. The molecule has 0 aromatic carbocycles. The van der Waals surface area contributed by atoms with E-state index in [1.807, 2.05) is 0 Å². The Labute approximate surface area is 148 Å². The average molecular weight is 312 g/mol. The zero-order valence-electron chi connectivity index (χ0n) is 3.55. The van der Waals surface area contributed by atoms with Crippen molar-refractivity contribution in [2.45, 2.75) is 0 Å². The van der Waals surface area contributed by atoms with Gasteiger partial charge in [0.1, 0.15) is 0 Å². The van der Waals surface area contributed by atoms with Gasteiger partial charge in [-0.3, -0.25) is 0 Å². The zero-order chi connectivity index (χ0) is 4.50. The molecule has 0 aliphatic carbocycles. The molecule has 0 saturated heterocycles. The molecule has 0 aliphatic rings. The van der Waals surface area contributed by atoms with Crippen molar-refractivity contribution in [3.63, 3.8) is 0 Å². The van der Waals surface area contributed by atoms with Gasteiger partial charge in [-0.15, -0.1) is 0 Å². The van der Waals surface area contributed by atoms with Gasteiger partial charge in [-0.25, -0.2) is 0 Å². The molecule has 0 heterocycles. The van der Waals surface area contributed by atoms with E-state index < -0.39 is 9.05 Å². The molecule has 4 nitrogen and oxygen atoms in total. The van der Waals surface area contributed by atoms with E-state index in [-0.39, 0.29) is 124 Å². The average Bonchev–Trinajstić information content (AvgIpc) is 0.722. The van der Waals surface area contributed by atoms with Crippen LogP contribution in [0.2, 0.25) is 0 Å². The van der Waals surface area contributed by atoms with Gasteiger partial charge in [0.05, 0.1) is 0 Å².